The number of carbonyl (C=O) groups is 1. The molecule has 136 valence electrons. The van der Waals surface area contributed by atoms with E-state index < -0.39 is 5.97 Å². The number of thiophene rings is 1. The van der Waals surface area contributed by atoms with Crippen LogP contribution in [0.15, 0.2) is 4.79 Å². The number of nitrogens with zero attached hydrogens (tertiary/aromatic N) is 2. The van der Waals surface area contributed by atoms with E-state index in [1.807, 2.05) is 6.92 Å². The molecule has 1 N–H and O–H groups in total. The first-order valence-electron chi connectivity index (χ1n) is 8.88. The summed E-state index contributed by atoms with van der Waals surface area (Å²) in [6.45, 7) is 2.54. The summed E-state index contributed by atoms with van der Waals surface area (Å²) >= 11 is 1.25. The fourth-order valence-electron chi connectivity index (χ4n) is 3.67. The minimum atomic E-state index is -0.403. The molecule has 2 heterocycles. The molecule has 6 nitrogen and oxygen atoms in total. The van der Waals surface area contributed by atoms with Crippen LogP contribution < -0.4 is 5.56 Å². The molecule has 25 heavy (non-hydrogen) atoms. The molecular formula is C18H25N3O3S. The van der Waals surface area contributed by atoms with E-state index in [0.717, 1.165) is 5.56 Å². The summed E-state index contributed by atoms with van der Waals surface area (Å²) in [6.07, 6.45) is 6.85. The van der Waals surface area contributed by atoms with Crippen LogP contribution in [0.3, 0.4) is 0 Å². The van der Waals surface area contributed by atoms with Crippen molar-refractivity contribution in [3.05, 3.63) is 26.6 Å². The number of hydrogen-bond donors (Lipinski definition) is 1. The van der Waals surface area contributed by atoms with Crippen LogP contribution in [0, 0.1) is 0 Å². The number of esters is 1. The lowest BCUT2D eigenvalue weighted by Gasteiger charge is -2.30. The Bertz CT molecular complexity index is 821. The van der Waals surface area contributed by atoms with Crippen molar-refractivity contribution in [3.8, 4) is 0 Å². The number of methoxy groups -OCH3 is 1. The predicted molar refractivity (Wildman–Crippen MR) is 99.3 cm³/mol. The van der Waals surface area contributed by atoms with Crippen molar-refractivity contribution in [2.45, 2.75) is 58.0 Å². The molecule has 2 aromatic heterocycles. The van der Waals surface area contributed by atoms with Crippen molar-refractivity contribution < 1.29 is 9.53 Å². The van der Waals surface area contributed by atoms with Gasteiger partial charge in [-0.1, -0.05) is 26.2 Å². The quantitative estimate of drug-likeness (QED) is 0.826. The van der Waals surface area contributed by atoms with Crippen molar-refractivity contribution >= 4 is 27.5 Å². The monoisotopic (exact) mass is 363 g/mol. The highest BCUT2D eigenvalue weighted by Gasteiger charge is 2.23. The number of aromatic nitrogens is 2. The Morgan fingerprint density at radius 3 is 2.72 bits per heavy atom. The van der Waals surface area contributed by atoms with Crippen LogP contribution in [0.1, 0.15) is 60.1 Å². The van der Waals surface area contributed by atoms with E-state index in [2.05, 4.69) is 21.9 Å². The summed E-state index contributed by atoms with van der Waals surface area (Å²) in [5.74, 6) is 0.256. The molecule has 0 unspecified atom stereocenters. The number of carbonyl (C=O) groups excluding carboxylic acids is 1. The zero-order valence-corrected chi connectivity index (χ0v) is 15.9. The average Bonchev–Trinajstić information content (AvgIpc) is 3.00. The lowest BCUT2D eigenvalue weighted by molar-refractivity contribution is 0.0605. The number of H-pyrrole nitrogens is 1. The number of ether oxygens (including phenoxy) is 1. The summed E-state index contributed by atoms with van der Waals surface area (Å²) in [5.41, 5.74) is 0.563. The second kappa shape index (κ2) is 7.66. The number of hydrogen-bond acceptors (Lipinski definition) is 6. The van der Waals surface area contributed by atoms with Crippen LogP contribution in [0.4, 0.5) is 0 Å². The van der Waals surface area contributed by atoms with Crippen LogP contribution >= 0.6 is 11.3 Å². The van der Waals surface area contributed by atoms with Gasteiger partial charge in [-0.05, 0) is 31.9 Å². The molecule has 0 saturated heterocycles. The van der Waals surface area contributed by atoms with Crippen molar-refractivity contribution in [1.29, 1.82) is 0 Å². The first kappa shape index (κ1) is 18.1. The van der Waals surface area contributed by atoms with Gasteiger partial charge in [0, 0.05) is 6.04 Å². The molecule has 0 spiro atoms. The standard InChI is InChI=1S/C18H25N3O3S/c1-4-12-14-16(22)19-13(10-21(2)11-8-6-5-7-9-11)20-17(14)25-15(12)18(23)24-3/h11H,4-10H2,1-3H3,(H,19,20,22). The van der Waals surface area contributed by atoms with Crippen molar-refractivity contribution in [2.24, 2.45) is 0 Å². The lowest BCUT2D eigenvalue weighted by Crippen LogP contribution is -2.34. The van der Waals surface area contributed by atoms with Gasteiger partial charge in [0.2, 0.25) is 0 Å². The van der Waals surface area contributed by atoms with E-state index in [4.69, 9.17) is 4.74 Å². The van der Waals surface area contributed by atoms with Crippen LogP contribution in [0.2, 0.25) is 0 Å². The summed E-state index contributed by atoms with van der Waals surface area (Å²) < 4.78 is 4.85. The highest BCUT2D eigenvalue weighted by Crippen LogP contribution is 2.29. The maximum atomic E-state index is 12.6. The first-order valence-corrected chi connectivity index (χ1v) is 9.69. The van der Waals surface area contributed by atoms with Gasteiger partial charge in [0.25, 0.3) is 5.56 Å². The summed E-state index contributed by atoms with van der Waals surface area (Å²) in [6, 6.07) is 0.551. The van der Waals surface area contributed by atoms with Crippen LogP contribution in [0.25, 0.3) is 10.2 Å². The van der Waals surface area contributed by atoms with E-state index in [-0.39, 0.29) is 5.56 Å². The van der Waals surface area contributed by atoms with E-state index >= 15 is 0 Å². The number of fused-ring (bicyclic) bond motifs is 1. The van der Waals surface area contributed by atoms with Crippen LogP contribution in [-0.2, 0) is 17.7 Å². The first-order chi connectivity index (χ1) is 12.0. The third kappa shape index (κ3) is 3.62. The second-order valence-electron chi connectivity index (χ2n) is 6.65. The second-order valence-corrected chi connectivity index (χ2v) is 7.65. The molecule has 0 amide bonds. The highest BCUT2D eigenvalue weighted by molar-refractivity contribution is 7.20. The van der Waals surface area contributed by atoms with Gasteiger partial charge in [-0.2, -0.15) is 0 Å². The smallest absolute Gasteiger partial charge is 0.348 e. The fourth-order valence-corrected chi connectivity index (χ4v) is 4.87. The third-order valence-electron chi connectivity index (χ3n) is 5.03. The lowest BCUT2D eigenvalue weighted by atomic mass is 9.94. The van der Waals surface area contributed by atoms with Gasteiger partial charge in [0.1, 0.15) is 15.5 Å². The molecule has 2 aromatic rings. The van der Waals surface area contributed by atoms with Gasteiger partial charge in [-0.3, -0.25) is 9.69 Å². The van der Waals surface area contributed by atoms with E-state index in [1.54, 1.807) is 0 Å². The van der Waals surface area contributed by atoms with Gasteiger partial charge in [-0.25, -0.2) is 9.78 Å². The molecule has 0 atom stereocenters. The van der Waals surface area contributed by atoms with Crippen LogP contribution in [-0.4, -0.2) is 41.0 Å². The number of aryl methyl sites for hydroxylation is 1. The predicted octanol–water partition coefficient (Wildman–Crippen LogP) is 3.10. The summed E-state index contributed by atoms with van der Waals surface area (Å²) in [4.78, 5) is 35.5. The third-order valence-corrected chi connectivity index (χ3v) is 6.14. The Labute approximate surface area is 151 Å². The number of aromatic amines is 1. The Morgan fingerprint density at radius 2 is 2.08 bits per heavy atom. The Hall–Kier alpha value is -1.73. The number of rotatable bonds is 5. The van der Waals surface area contributed by atoms with Crippen molar-refractivity contribution in [1.82, 2.24) is 14.9 Å². The zero-order chi connectivity index (χ0) is 18.0. The van der Waals surface area contributed by atoms with E-state index in [1.165, 1.54) is 50.6 Å². The average molecular weight is 363 g/mol. The maximum Gasteiger partial charge on any atom is 0.348 e. The van der Waals surface area contributed by atoms with Gasteiger partial charge >= 0.3 is 5.97 Å². The number of nitrogens with one attached hydrogen (secondary N) is 1. The SMILES string of the molecule is CCc1c(C(=O)OC)sc2nc(CN(C)C3CCCCC3)[nH]c(=O)c12. The van der Waals surface area contributed by atoms with E-state index in [9.17, 15) is 9.59 Å². The molecule has 1 saturated carbocycles. The Morgan fingerprint density at radius 1 is 1.36 bits per heavy atom. The molecule has 1 fully saturated rings. The zero-order valence-electron chi connectivity index (χ0n) is 15.1. The topological polar surface area (TPSA) is 75.3 Å². The molecule has 3 rings (SSSR count). The minimum Gasteiger partial charge on any atom is -0.465 e. The molecular weight excluding hydrogens is 338 g/mol. The largest absolute Gasteiger partial charge is 0.465 e. The minimum absolute atomic E-state index is 0.166. The van der Waals surface area contributed by atoms with Gasteiger partial charge < -0.3 is 9.72 Å². The van der Waals surface area contributed by atoms with Crippen molar-refractivity contribution in [3.63, 3.8) is 0 Å². The molecule has 7 heteroatoms. The Balaban J connectivity index is 1.93. The normalized spacial score (nSPS) is 15.8. The molecule has 0 bridgehead atoms. The molecule has 0 aliphatic heterocycles. The summed E-state index contributed by atoms with van der Waals surface area (Å²) in [7, 11) is 3.44. The van der Waals surface area contributed by atoms with Gasteiger partial charge in [0.05, 0.1) is 19.0 Å². The van der Waals surface area contributed by atoms with Crippen LogP contribution in [0.5, 0.6) is 0 Å². The van der Waals surface area contributed by atoms with Gasteiger partial charge in [-0.15, -0.1) is 11.3 Å². The fraction of sp³-hybridized carbons (Fsp3) is 0.611. The maximum absolute atomic E-state index is 12.6. The molecule has 0 aromatic carbocycles. The molecule has 0 radical (unpaired) electrons. The summed E-state index contributed by atoms with van der Waals surface area (Å²) in [5, 5.41) is 0.525. The van der Waals surface area contributed by atoms with Crippen molar-refractivity contribution in [2.75, 3.05) is 14.2 Å². The molecule has 1 aliphatic rings. The molecule has 1 aliphatic carbocycles. The Kier molecular flexibility index (Phi) is 5.54. The van der Waals surface area contributed by atoms with Gasteiger partial charge in [0.15, 0.2) is 0 Å². The highest BCUT2D eigenvalue weighted by atomic mass is 32.1. The van der Waals surface area contributed by atoms with E-state index in [0.29, 0.717) is 39.9 Å².